The van der Waals surface area contributed by atoms with Crippen LogP contribution in [0.4, 0.5) is 0 Å². The van der Waals surface area contributed by atoms with E-state index < -0.39 is 0 Å². The van der Waals surface area contributed by atoms with E-state index in [9.17, 15) is 5.11 Å². The topological polar surface area (TPSA) is 20.2 Å². The van der Waals surface area contributed by atoms with E-state index >= 15 is 0 Å². The molecule has 0 amide bonds. The van der Waals surface area contributed by atoms with Gasteiger partial charge in [0.25, 0.3) is 0 Å². The van der Waals surface area contributed by atoms with Crippen molar-refractivity contribution in [2.75, 3.05) is 0 Å². The molecule has 88 valence electrons. The molecule has 18 heavy (non-hydrogen) atoms. The molecule has 3 aromatic rings. The Bertz CT molecular complexity index is 876. The first kappa shape index (κ1) is 10.8. The zero-order valence-electron chi connectivity index (χ0n) is 10.3. The Hall–Kier alpha value is -2.28. The van der Waals surface area contributed by atoms with E-state index in [1.54, 1.807) is 0 Å². The van der Waals surface area contributed by atoms with Crippen LogP contribution in [0.3, 0.4) is 0 Å². The molecule has 3 aromatic carbocycles. The van der Waals surface area contributed by atoms with Gasteiger partial charge < -0.3 is 5.11 Å². The molecule has 0 heterocycles. The van der Waals surface area contributed by atoms with Gasteiger partial charge in [-0.25, -0.2) is 0 Å². The second-order valence-corrected chi connectivity index (χ2v) is 4.66. The molecule has 0 fully saturated rings. The zero-order valence-corrected chi connectivity index (χ0v) is 10.3. The van der Waals surface area contributed by atoms with Gasteiger partial charge in [0.1, 0.15) is 5.75 Å². The Labute approximate surface area is 105 Å². The van der Waals surface area contributed by atoms with Gasteiger partial charge in [0.15, 0.2) is 0 Å². The van der Waals surface area contributed by atoms with Crippen LogP contribution in [-0.4, -0.2) is 5.11 Å². The highest BCUT2D eigenvalue weighted by Crippen LogP contribution is 2.28. The van der Waals surface area contributed by atoms with Gasteiger partial charge in [0.2, 0.25) is 0 Å². The molecule has 1 heteroatoms. The number of hydrogen-bond donors (Lipinski definition) is 1. The van der Waals surface area contributed by atoms with Crippen LogP contribution >= 0.6 is 0 Å². The van der Waals surface area contributed by atoms with Crippen LogP contribution in [0.5, 0.6) is 5.75 Å². The predicted molar refractivity (Wildman–Crippen MR) is 78.1 cm³/mol. The fraction of sp³-hybridized carbons (Fsp3) is 0.0588. The monoisotopic (exact) mass is 234 g/mol. The van der Waals surface area contributed by atoms with Crippen molar-refractivity contribution in [3.8, 4) is 5.75 Å². The first-order chi connectivity index (χ1) is 8.61. The third kappa shape index (κ3) is 1.28. The lowest BCUT2D eigenvalue weighted by Gasteiger charge is -2.09. The molecule has 0 spiro atoms. The highest BCUT2D eigenvalue weighted by molar-refractivity contribution is 6.05. The SMILES string of the molecule is C=c1c2ccccc2c(O)c2c(=C)c(C)ccc12. The molecule has 0 bridgehead atoms. The number of hydrogen-bond acceptors (Lipinski definition) is 1. The summed E-state index contributed by atoms with van der Waals surface area (Å²) in [4.78, 5) is 0. The van der Waals surface area contributed by atoms with Crippen LogP contribution in [0, 0.1) is 6.92 Å². The zero-order chi connectivity index (χ0) is 12.9. The highest BCUT2D eigenvalue weighted by Gasteiger charge is 2.09. The number of aromatic hydroxyl groups is 1. The predicted octanol–water partition coefficient (Wildman–Crippen LogP) is 2.83. The van der Waals surface area contributed by atoms with Crippen molar-refractivity contribution < 1.29 is 5.11 Å². The van der Waals surface area contributed by atoms with Gasteiger partial charge in [-0.3, -0.25) is 0 Å². The Kier molecular flexibility index (Phi) is 2.17. The van der Waals surface area contributed by atoms with E-state index in [-0.39, 0.29) is 0 Å². The normalized spacial score (nSPS) is 11.2. The average Bonchev–Trinajstić information content (AvgIpc) is 2.39. The lowest BCUT2D eigenvalue weighted by Crippen LogP contribution is -2.11. The summed E-state index contributed by atoms with van der Waals surface area (Å²) in [6, 6.07) is 11.8. The van der Waals surface area contributed by atoms with Crippen molar-refractivity contribution in [2.24, 2.45) is 0 Å². The molecule has 0 aliphatic heterocycles. The maximum atomic E-state index is 10.5. The minimum atomic E-state index is 0.307. The van der Waals surface area contributed by atoms with Gasteiger partial charge in [0.05, 0.1) is 0 Å². The minimum absolute atomic E-state index is 0.307. The fourth-order valence-corrected chi connectivity index (χ4v) is 2.51. The standard InChI is InChI=1S/C17H14O/c1-10-8-9-14-12(3)13-6-4-5-7-15(13)17(18)16(14)11(10)2/h4-9,18H,2-3H2,1H3. The summed E-state index contributed by atoms with van der Waals surface area (Å²) in [5, 5.41) is 15.9. The largest absolute Gasteiger partial charge is 0.507 e. The van der Waals surface area contributed by atoms with Crippen LogP contribution in [0.1, 0.15) is 5.56 Å². The van der Waals surface area contributed by atoms with E-state index in [4.69, 9.17) is 0 Å². The number of fused-ring (bicyclic) bond motifs is 2. The summed E-state index contributed by atoms with van der Waals surface area (Å²) in [7, 11) is 0. The number of rotatable bonds is 0. The first-order valence-corrected chi connectivity index (χ1v) is 5.92. The number of phenols is 1. The van der Waals surface area contributed by atoms with Crippen LogP contribution in [0.15, 0.2) is 36.4 Å². The lowest BCUT2D eigenvalue weighted by molar-refractivity contribution is 0.487. The van der Waals surface area contributed by atoms with Crippen LogP contribution < -0.4 is 10.4 Å². The Morgan fingerprint density at radius 2 is 1.50 bits per heavy atom. The molecule has 1 N–H and O–H groups in total. The van der Waals surface area contributed by atoms with E-state index in [2.05, 4.69) is 13.2 Å². The molecular weight excluding hydrogens is 220 g/mol. The second kappa shape index (κ2) is 3.61. The van der Waals surface area contributed by atoms with Gasteiger partial charge in [-0.1, -0.05) is 49.6 Å². The minimum Gasteiger partial charge on any atom is -0.507 e. The molecule has 3 rings (SSSR count). The average molecular weight is 234 g/mol. The number of benzene rings is 3. The van der Waals surface area contributed by atoms with Crippen LogP contribution in [-0.2, 0) is 0 Å². The molecule has 0 aromatic heterocycles. The Morgan fingerprint density at radius 1 is 0.833 bits per heavy atom. The summed E-state index contributed by atoms with van der Waals surface area (Å²) < 4.78 is 0. The summed E-state index contributed by atoms with van der Waals surface area (Å²) in [6.45, 7) is 10.2. The first-order valence-electron chi connectivity index (χ1n) is 5.92. The summed E-state index contributed by atoms with van der Waals surface area (Å²) >= 11 is 0. The molecule has 0 aliphatic carbocycles. The molecule has 0 atom stereocenters. The van der Waals surface area contributed by atoms with Crippen molar-refractivity contribution >= 4 is 34.7 Å². The molecule has 0 aliphatic rings. The van der Waals surface area contributed by atoms with Crippen LogP contribution in [0.2, 0.25) is 0 Å². The van der Waals surface area contributed by atoms with Gasteiger partial charge in [-0.15, -0.1) is 0 Å². The Balaban J connectivity index is 2.77. The third-order valence-corrected chi connectivity index (χ3v) is 3.62. The molecule has 0 unspecified atom stereocenters. The van der Waals surface area contributed by atoms with Gasteiger partial charge in [0, 0.05) is 10.8 Å². The number of aryl methyl sites for hydroxylation is 1. The van der Waals surface area contributed by atoms with Crippen molar-refractivity contribution in [1.82, 2.24) is 0 Å². The van der Waals surface area contributed by atoms with Gasteiger partial charge >= 0.3 is 0 Å². The lowest BCUT2D eigenvalue weighted by atomic mass is 9.97. The summed E-state index contributed by atoms with van der Waals surface area (Å²) in [6.07, 6.45) is 0. The van der Waals surface area contributed by atoms with Gasteiger partial charge in [-0.05, 0) is 33.7 Å². The summed E-state index contributed by atoms with van der Waals surface area (Å²) in [5.41, 5.74) is 1.08. The van der Waals surface area contributed by atoms with Gasteiger partial charge in [-0.2, -0.15) is 0 Å². The number of phenolic OH excluding ortho intramolecular Hbond substituents is 1. The van der Waals surface area contributed by atoms with E-state index in [0.717, 1.165) is 37.5 Å². The molecule has 0 saturated carbocycles. The quantitative estimate of drug-likeness (QED) is 0.593. The Morgan fingerprint density at radius 3 is 2.22 bits per heavy atom. The molecule has 0 radical (unpaired) electrons. The van der Waals surface area contributed by atoms with Crippen molar-refractivity contribution in [2.45, 2.75) is 6.92 Å². The van der Waals surface area contributed by atoms with E-state index in [1.165, 1.54) is 0 Å². The fourth-order valence-electron chi connectivity index (χ4n) is 2.51. The van der Waals surface area contributed by atoms with E-state index in [1.807, 2.05) is 43.3 Å². The summed E-state index contributed by atoms with van der Waals surface area (Å²) in [5.74, 6) is 0.307. The maximum absolute atomic E-state index is 10.5. The van der Waals surface area contributed by atoms with Crippen LogP contribution in [0.25, 0.3) is 34.7 Å². The smallest absolute Gasteiger partial charge is 0.131 e. The molecule has 1 nitrogen and oxygen atoms in total. The van der Waals surface area contributed by atoms with Crippen molar-refractivity contribution in [1.29, 1.82) is 0 Å². The second-order valence-electron chi connectivity index (χ2n) is 4.66. The van der Waals surface area contributed by atoms with Crippen molar-refractivity contribution in [3.05, 3.63) is 52.4 Å². The van der Waals surface area contributed by atoms with E-state index in [0.29, 0.717) is 5.75 Å². The third-order valence-electron chi connectivity index (χ3n) is 3.62. The molecular formula is C17H14O. The molecule has 0 saturated heterocycles. The van der Waals surface area contributed by atoms with Crippen molar-refractivity contribution in [3.63, 3.8) is 0 Å². The highest BCUT2D eigenvalue weighted by atomic mass is 16.3. The maximum Gasteiger partial charge on any atom is 0.131 e.